The smallest absolute Gasteiger partial charge is 0.163 e. The molecule has 0 saturated heterocycles. The molecule has 1 saturated carbocycles. The molecule has 1 aliphatic rings. The van der Waals surface area contributed by atoms with Crippen LogP contribution < -0.4 is 0 Å². The Hall–Kier alpha value is -2.13. The highest BCUT2D eigenvalue weighted by Crippen LogP contribution is 2.36. The maximum absolute atomic E-state index is 12.4. The van der Waals surface area contributed by atoms with E-state index in [4.69, 9.17) is 0 Å². The predicted octanol–water partition coefficient (Wildman–Crippen LogP) is 4.12. The van der Waals surface area contributed by atoms with Crippen LogP contribution >= 0.6 is 0 Å². The standard InChI is InChI=1S/C18H20N2O/c19-12-16(13-20)17(14-7-3-1-4-8-14)11-18(21)15-9-5-2-6-10-15/h2,5-6,9-10,14,16-17H,1,3-4,7-8,11H2/t17-/m0/s1. The number of carbonyl (C=O) groups excluding carboxylic acids is 1. The van der Waals surface area contributed by atoms with Crippen molar-refractivity contribution in [1.82, 2.24) is 0 Å². The molecule has 0 radical (unpaired) electrons. The Bertz CT molecular complexity index is 533. The highest BCUT2D eigenvalue weighted by Gasteiger charge is 2.32. The number of nitriles is 2. The van der Waals surface area contributed by atoms with Crippen molar-refractivity contribution in [2.24, 2.45) is 17.8 Å². The third kappa shape index (κ3) is 3.92. The molecule has 0 bridgehead atoms. The van der Waals surface area contributed by atoms with Crippen LogP contribution in [0.2, 0.25) is 0 Å². The summed E-state index contributed by atoms with van der Waals surface area (Å²) in [6.45, 7) is 0. The first-order chi connectivity index (χ1) is 10.3. The number of ketones is 1. The van der Waals surface area contributed by atoms with Crippen LogP contribution in [0.1, 0.15) is 48.9 Å². The highest BCUT2D eigenvalue weighted by atomic mass is 16.1. The number of benzene rings is 1. The van der Waals surface area contributed by atoms with Crippen molar-refractivity contribution >= 4 is 5.78 Å². The maximum Gasteiger partial charge on any atom is 0.163 e. The predicted molar refractivity (Wildman–Crippen MR) is 80.2 cm³/mol. The zero-order valence-corrected chi connectivity index (χ0v) is 12.2. The van der Waals surface area contributed by atoms with Crippen molar-refractivity contribution in [2.75, 3.05) is 0 Å². The van der Waals surface area contributed by atoms with Gasteiger partial charge >= 0.3 is 0 Å². The number of Topliss-reactive ketones (excluding diaryl/α,β-unsaturated/α-hetero) is 1. The topological polar surface area (TPSA) is 64.7 Å². The Kier molecular flexibility index (Phi) is 5.52. The van der Waals surface area contributed by atoms with Gasteiger partial charge in [-0.25, -0.2) is 0 Å². The van der Waals surface area contributed by atoms with Crippen LogP contribution in [0.25, 0.3) is 0 Å². The second-order valence-electron chi connectivity index (χ2n) is 5.79. The Morgan fingerprint density at radius 2 is 1.71 bits per heavy atom. The van der Waals surface area contributed by atoms with E-state index in [1.807, 2.05) is 18.2 Å². The Morgan fingerprint density at radius 3 is 2.29 bits per heavy atom. The van der Waals surface area contributed by atoms with Crippen molar-refractivity contribution < 1.29 is 4.79 Å². The molecule has 0 N–H and O–H groups in total. The molecule has 0 spiro atoms. The molecule has 1 aromatic rings. The Balaban J connectivity index is 2.14. The average molecular weight is 280 g/mol. The number of carbonyl (C=O) groups is 1. The Labute approximate surface area is 126 Å². The molecule has 3 nitrogen and oxygen atoms in total. The summed E-state index contributed by atoms with van der Waals surface area (Å²) in [7, 11) is 0. The highest BCUT2D eigenvalue weighted by molar-refractivity contribution is 5.96. The lowest BCUT2D eigenvalue weighted by Gasteiger charge is -2.30. The summed E-state index contributed by atoms with van der Waals surface area (Å²) in [5, 5.41) is 18.5. The van der Waals surface area contributed by atoms with E-state index in [2.05, 4.69) is 12.1 Å². The van der Waals surface area contributed by atoms with Crippen molar-refractivity contribution in [3.63, 3.8) is 0 Å². The SMILES string of the molecule is N#CC(C#N)[C@@H](CC(=O)c1ccccc1)C1CCCCC1. The van der Waals surface area contributed by atoms with Crippen LogP contribution in [-0.2, 0) is 0 Å². The van der Waals surface area contributed by atoms with E-state index in [1.165, 1.54) is 6.42 Å². The fourth-order valence-corrected chi connectivity index (χ4v) is 3.30. The Morgan fingerprint density at radius 1 is 1.10 bits per heavy atom. The van der Waals surface area contributed by atoms with Crippen molar-refractivity contribution in [3.05, 3.63) is 35.9 Å². The molecule has 0 heterocycles. The zero-order valence-electron chi connectivity index (χ0n) is 12.2. The summed E-state index contributed by atoms with van der Waals surface area (Å²) in [5.74, 6) is -0.439. The van der Waals surface area contributed by atoms with E-state index in [-0.39, 0.29) is 11.7 Å². The van der Waals surface area contributed by atoms with E-state index in [9.17, 15) is 15.3 Å². The molecule has 0 aromatic heterocycles. The molecule has 0 unspecified atom stereocenters. The summed E-state index contributed by atoms with van der Waals surface area (Å²) in [6.07, 6.45) is 5.88. The van der Waals surface area contributed by atoms with Crippen LogP contribution in [-0.4, -0.2) is 5.78 Å². The van der Waals surface area contributed by atoms with Crippen LogP contribution in [0.15, 0.2) is 30.3 Å². The van der Waals surface area contributed by atoms with Crippen LogP contribution in [0.4, 0.5) is 0 Å². The van der Waals surface area contributed by atoms with Gasteiger partial charge in [-0.2, -0.15) is 10.5 Å². The van der Waals surface area contributed by atoms with Gasteiger partial charge in [-0.15, -0.1) is 0 Å². The first-order valence-electron chi connectivity index (χ1n) is 7.63. The largest absolute Gasteiger partial charge is 0.294 e. The third-order valence-corrected chi connectivity index (χ3v) is 4.48. The maximum atomic E-state index is 12.4. The normalized spacial score (nSPS) is 16.9. The number of rotatable bonds is 5. The van der Waals surface area contributed by atoms with Gasteiger partial charge in [0.15, 0.2) is 5.78 Å². The average Bonchev–Trinajstić information content (AvgIpc) is 2.56. The molecule has 108 valence electrons. The first kappa shape index (κ1) is 15.3. The van der Waals surface area contributed by atoms with E-state index in [1.54, 1.807) is 12.1 Å². The number of hydrogen-bond donors (Lipinski definition) is 0. The van der Waals surface area contributed by atoms with Crippen molar-refractivity contribution in [2.45, 2.75) is 38.5 Å². The number of nitrogens with zero attached hydrogens (tertiary/aromatic N) is 2. The van der Waals surface area contributed by atoms with Crippen molar-refractivity contribution in [1.29, 1.82) is 10.5 Å². The number of hydrogen-bond acceptors (Lipinski definition) is 3. The summed E-state index contributed by atoms with van der Waals surface area (Å²) in [5.41, 5.74) is 0.674. The second kappa shape index (κ2) is 7.60. The van der Waals surface area contributed by atoms with E-state index < -0.39 is 5.92 Å². The molecular weight excluding hydrogens is 260 g/mol. The van der Waals surface area contributed by atoms with Gasteiger partial charge < -0.3 is 0 Å². The van der Waals surface area contributed by atoms with Gasteiger partial charge in [-0.3, -0.25) is 4.79 Å². The minimum absolute atomic E-state index is 0.0432. The van der Waals surface area contributed by atoms with E-state index >= 15 is 0 Å². The van der Waals surface area contributed by atoms with Gasteiger partial charge in [-0.05, 0) is 11.8 Å². The summed E-state index contributed by atoms with van der Waals surface area (Å²) >= 11 is 0. The summed E-state index contributed by atoms with van der Waals surface area (Å²) in [4.78, 5) is 12.4. The third-order valence-electron chi connectivity index (χ3n) is 4.48. The lowest BCUT2D eigenvalue weighted by molar-refractivity contribution is 0.0919. The summed E-state index contributed by atoms with van der Waals surface area (Å²) in [6, 6.07) is 13.3. The fraction of sp³-hybridized carbons (Fsp3) is 0.500. The van der Waals surface area contributed by atoms with Gasteiger partial charge in [0.1, 0.15) is 5.92 Å². The molecule has 3 heteroatoms. The molecule has 1 aliphatic carbocycles. The van der Waals surface area contributed by atoms with Gasteiger partial charge in [0, 0.05) is 12.0 Å². The van der Waals surface area contributed by atoms with Crippen LogP contribution in [0.3, 0.4) is 0 Å². The minimum atomic E-state index is -0.680. The molecule has 1 fully saturated rings. The quantitative estimate of drug-likeness (QED) is 0.762. The van der Waals surface area contributed by atoms with Crippen molar-refractivity contribution in [3.8, 4) is 12.1 Å². The van der Waals surface area contributed by atoms with Gasteiger partial charge in [-0.1, -0.05) is 62.4 Å². The fourth-order valence-electron chi connectivity index (χ4n) is 3.30. The van der Waals surface area contributed by atoms with Gasteiger partial charge in [0.05, 0.1) is 12.1 Å². The lowest BCUT2D eigenvalue weighted by atomic mass is 9.72. The molecule has 2 rings (SSSR count). The second-order valence-corrected chi connectivity index (χ2v) is 5.79. The first-order valence-corrected chi connectivity index (χ1v) is 7.63. The molecule has 21 heavy (non-hydrogen) atoms. The lowest BCUT2D eigenvalue weighted by Crippen LogP contribution is -2.26. The van der Waals surface area contributed by atoms with Crippen LogP contribution in [0, 0.1) is 40.4 Å². The van der Waals surface area contributed by atoms with Gasteiger partial charge in [0.2, 0.25) is 0 Å². The zero-order chi connectivity index (χ0) is 15.1. The van der Waals surface area contributed by atoms with Gasteiger partial charge in [0.25, 0.3) is 0 Å². The van der Waals surface area contributed by atoms with E-state index in [0.29, 0.717) is 17.9 Å². The van der Waals surface area contributed by atoms with Crippen LogP contribution in [0.5, 0.6) is 0 Å². The molecule has 0 amide bonds. The molecule has 0 aliphatic heterocycles. The summed E-state index contributed by atoms with van der Waals surface area (Å²) < 4.78 is 0. The molecular formula is C18H20N2O. The monoisotopic (exact) mass is 280 g/mol. The van der Waals surface area contributed by atoms with E-state index in [0.717, 1.165) is 25.7 Å². The minimum Gasteiger partial charge on any atom is -0.294 e. The molecule has 1 atom stereocenters. The molecule has 1 aromatic carbocycles.